The quantitative estimate of drug-likeness (QED) is 0.893. The number of rotatable bonds is 2. The number of benzene rings is 1. The number of fused-ring (bicyclic) bond motifs is 1. The van der Waals surface area contributed by atoms with Gasteiger partial charge in [-0.3, -0.25) is 0 Å². The molecule has 4 heteroatoms. The standard InChI is InChI=1S/C14H18ClNO2/c1-9-13(15)10(6-11-4-2-3-5-16-11)7-12-14(9)18-8-17-12/h7,11,16H,2-6,8H2,1H3. The summed E-state index contributed by atoms with van der Waals surface area (Å²) in [7, 11) is 0. The summed E-state index contributed by atoms with van der Waals surface area (Å²) in [6.45, 7) is 3.41. The highest BCUT2D eigenvalue weighted by Crippen LogP contribution is 2.41. The van der Waals surface area contributed by atoms with Crippen molar-refractivity contribution in [3.63, 3.8) is 0 Å². The molecule has 1 N–H and O–H groups in total. The Morgan fingerprint density at radius 3 is 3.06 bits per heavy atom. The van der Waals surface area contributed by atoms with E-state index >= 15 is 0 Å². The van der Waals surface area contributed by atoms with Gasteiger partial charge >= 0.3 is 0 Å². The van der Waals surface area contributed by atoms with Crippen LogP contribution >= 0.6 is 11.6 Å². The Bertz CT molecular complexity index is 456. The van der Waals surface area contributed by atoms with Crippen LogP contribution in [-0.4, -0.2) is 19.4 Å². The Kier molecular flexibility index (Phi) is 3.35. The first-order valence-corrected chi connectivity index (χ1v) is 6.94. The Labute approximate surface area is 112 Å². The van der Waals surface area contributed by atoms with Crippen LogP contribution in [0.4, 0.5) is 0 Å². The van der Waals surface area contributed by atoms with Crippen molar-refractivity contribution in [1.82, 2.24) is 5.32 Å². The maximum atomic E-state index is 6.43. The molecule has 0 amide bonds. The second-order valence-electron chi connectivity index (χ2n) is 5.06. The Morgan fingerprint density at radius 1 is 1.39 bits per heavy atom. The zero-order valence-corrected chi connectivity index (χ0v) is 11.3. The summed E-state index contributed by atoms with van der Waals surface area (Å²) >= 11 is 6.43. The largest absolute Gasteiger partial charge is 0.454 e. The predicted octanol–water partition coefficient (Wildman–Crippen LogP) is 3.06. The maximum Gasteiger partial charge on any atom is 0.231 e. The van der Waals surface area contributed by atoms with Crippen LogP contribution in [0.1, 0.15) is 30.4 Å². The topological polar surface area (TPSA) is 30.5 Å². The third-order valence-corrected chi connectivity index (χ3v) is 4.30. The number of hydrogen-bond donors (Lipinski definition) is 1. The number of ether oxygens (including phenoxy) is 2. The normalized spacial score (nSPS) is 22.2. The average Bonchev–Trinajstić information content (AvgIpc) is 2.85. The highest BCUT2D eigenvalue weighted by molar-refractivity contribution is 6.32. The first-order valence-electron chi connectivity index (χ1n) is 6.56. The smallest absolute Gasteiger partial charge is 0.231 e. The molecule has 0 radical (unpaired) electrons. The van der Waals surface area contributed by atoms with E-state index in [1.54, 1.807) is 0 Å². The van der Waals surface area contributed by atoms with Gasteiger partial charge in [-0.05, 0) is 44.4 Å². The predicted molar refractivity (Wildman–Crippen MR) is 71.7 cm³/mol. The van der Waals surface area contributed by atoms with Crippen molar-refractivity contribution in [1.29, 1.82) is 0 Å². The van der Waals surface area contributed by atoms with E-state index < -0.39 is 0 Å². The molecule has 0 saturated carbocycles. The third-order valence-electron chi connectivity index (χ3n) is 3.78. The van der Waals surface area contributed by atoms with Crippen molar-refractivity contribution in [2.45, 2.75) is 38.6 Å². The molecule has 1 aromatic rings. The van der Waals surface area contributed by atoms with Crippen LogP contribution in [0.25, 0.3) is 0 Å². The molecule has 98 valence electrons. The monoisotopic (exact) mass is 267 g/mol. The van der Waals surface area contributed by atoms with Crippen molar-refractivity contribution in [2.24, 2.45) is 0 Å². The van der Waals surface area contributed by atoms with Gasteiger partial charge in [0.05, 0.1) is 5.02 Å². The lowest BCUT2D eigenvalue weighted by Gasteiger charge is -2.24. The molecule has 1 atom stereocenters. The van der Waals surface area contributed by atoms with E-state index in [9.17, 15) is 0 Å². The van der Waals surface area contributed by atoms with Crippen LogP contribution in [0.15, 0.2) is 6.07 Å². The van der Waals surface area contributed by atoms with Gasteiger partial charge in [0.25, 0.3) is 0 Å². The minimum atomic E-state index is 0.303. The van der Waals surface area contributed by atoms with Crippen molar-refractivity contribution < 1.29 is 9.47 Å². The van der Waals surface area contributed by atoms with Crippen molar-refractivity contribution >= 4 is 11.6 Å². The SMILES string of the molecule is Cc1c(Cl)c(CC2CCCCN2)cc2c1OCO2. The van der Waals surface area contributed by atoms with Crippen LogP contribution in [0, 0.1) is 6.92 Å². The highest BCUT2D eigenvalue weighted by Gasteiger charge is 2.23. The van der Waals surface area contributed by atoms with E-state index in [0.717, 1.165) is 40.6 Å². The van der Waals surface area contributed by atoms with E-state index in [-0.39, 0.29) is 0 Å². The minimum Gasteiger partial charge on any atom is -0.454 e. The molecular formula is C14H18ClNO2. The fourth-order valence-corrected chi connectivity index (χ4v) is 2.98. The zero-order valence-electron chi connectivity index (χ0n) is 10.6. The summed E-state index contributed by atoms with van der Waals surface area (Å²) in [4.78, 5) is 0. The minimum absolute atomic E-state index is 0.303. The molecule has 2 aliphatic rings. The molecule has 0 aromatic heterocycles. The Balaban J connectivity index is 1.85. The molecule has 3 rings (SSSR count). The summed E-state index contributed by atoms with van der Waals surface area (Å²) in [6.07, 6.45) is 4.78. The molecule has 18 heavy (non-hydrogen) atoms. The molecule has 1 saturated heterocycles. The van der Waals surface area contributed by atoms with E-state index in [4.69, 9.17) is 21.1 Å². The first-order chi connectivity index (χ1) is 8.75. The third kappa shape index (κ3) is 2.17. The fourth-order valence-electron chi connectivity index (χ4n) is 2.76. The number of halogens is 1. The van der Waals surface area contributed by atoms with Gasteiger partial charge in [0, 0.05) is 11.6 Å². The van der Waals surface area contributed by atoms with E-state index in [1.165, 1.54) is 19.3 Å². The van der Waals surface area contributed by atoms with Crippen molar-refractivity contribution in [3.05, 3.63) is 22.2 Å². The maximum absolute atomic E-state index is 6.43. The second-order valence-corrected chi connectivity index (χ2v) is 5.44. The second kappa shape index (κ2) is 4.98. The van der Waals surface area contributed by atoms with Gasteiger partial charge < -0.3 is 14.8 Å². The summed E-state index contributed by atoms with van der Waals surface area (Å²) in [5, 5.41) is 4.38. The molecule has 1 fully saturated rings. The summed E-state index contributed by atoms with van der Waals surface area (Å²) in [5.74, 6) is 1.64. The van der Waals surface area contributed by atoms with Gasteiger partial charge in [0.15, 0.2) is 11.5 Å². The molecular weight excluding hydrogens is 250 g/mol. The van der Waals surface area contributed by atoms with Gasteiger partial charge in [-0.2, -0.15) is 0 Å². The Morgan fingerprint density at radius 2 is 2.28 bits per heavy atom. The lowest BCUT2D eigenvalue weighted by molar-refractivity contribution is 0.173. The number of piperidine rings is 1. The molecule has 0 aliphatic carbocycles. The lowest BCUT2D eigenvalue weighted by atomic mass is 9.96. The van der Waals surface area contributed by atoms with E-state index in [1.807, 2.05) is 13.0 Å². The summed E-state index contributed by atoms with van der Waals surface area (Å²) in [6, 6.07) is 2.57. The first kappa shape index (κ1) is 12.1. The van der Waals surface area contributed by atoms with Gasteiger partial charge in [-0.25, -0.2) is 0 Å². The van der Waals surface area contributed by atoms with Crippen LogP contribution < -0.4 is 14.8 Å². The highest BCUT2D eigenvalue weighted by atomic mass is 35.5. The number of nitrogens with one attached hydrogen (secondary N) is 1. The van der Waals surface area contributed by atoms with Gasteiger partial charge in [-0.15, -0.1) is 0 Å². The Hall–Kier alpha value is -0.930. The fraction of sp³-hybridized carbons (Fsp3) is 0.571. The molecule has 1 unspecified atom stereocenters. The molecule has 3 nitrogen and oxygen atoms in total. The van der Waals surface area contributed by atoms with Crippen LogP contribution in [0.3, 0.4) is 0 Å². The zero-order chi connectivity index (χ0) is 12.5. The van der Waals surface area contributed by atoms with Gasteiger partial charge in [-0.1, -0.05) is 18.0 Å². The van der Waals surface area contributed by atoms with E-state index in [2.05, 4.69) is 5.32 Å². The number of hydrogen-bond acceptors (Lipinski definition) is 3. The molecule has 2 heterocycles. The average molecular weight is 268 g/mol. The molecule has 0 bridgehead atoms. The molecule has 0 spiro atoms. The lowest BCUT2D eigenvalue weighted by Crippen LogP contribution is -2.35. The molecule has 1 aromatic carbocycles. The van der Waals surface area contributed by atoms with Crippen molar-refractivity contribution in [2.75, 3.05) is 13.3 Å². The van der Waals surface area contributed by atoms with Crippen LogP contribution in [0.2, 0.25) is 5.02 Å². The summed E-state index contributed by atoms with van der Waals surface area (Å²) in [5.41, 5.74) is 2.16. The van der Waals surface area contributed by atoms with Crippen molar-refractivity contribution in [3.8, 4) is 11.5 Å². The van der Waals surface area contributed by atoms with Gasteiger partial charge in [0.2, 0.25) is 6.79 Å². The molecule has 2 aliphatic heterocycles. The summed E-state index contributed by atoms with van der Waals surface area (Å²) < 4.78 is 10.9. The van der Waals surface area contributed by atoms with E-state index in [0.29, 0.717) is 12.8 Å². The van der Waals surface area contributed by atoms with Crippen LogP contribution in [-0.2, 0) is 6.42 Å². The van der Waals surface area contributed by atoms with Crippen LogP contribution in [0.5, 0.6) is 11.5 Å². The van der Waals surface area contributed by atoms with Gasteiger partial charge in [0.1, 0.15) is 0 Å².